The summed E-state index contributed by atoms with van der Waals surface area (Å²) >= 11 is 1.76. The Balaban J connectivity index is 1.72. The molecule has 24 heavy (non-hydrogen) atoms. The number of nitrogens with one attached hydrogen (secondary N) is 1. The molecule has 1 heterocycles. The molecule has 0 saturated carbocycles. The molecule has 4 aromatic rings. The van der Waals surface area contributed by atoms with Gasteiger partial charge in [0.05, 0.1) is 10.6 Å². The number of anilines is 2. The summed E-state index contributed by atoms with van der Waals surface area (Å²) in [4.78, 5) is 1.26. The van der Waals surface area contributed by atoms with Gasteiger partial charge in [0.15, 0.2) is 0 Å². The van der Waals surface area contributed by atoms with Gasteiger partial charge >= 0.3 is 0 Å². The maximum absolute atomic E-state index is 3.63. The van der Waals surface area contributed by atoms with Crippen molar-refractivity contribution in [2.24, 2.45) is 0 Å². The zero-order valence-electron chi connectivity index (χ0n) is 13.1. The van der Waals surface area contributed by atoms with E-state index in [0.717, 1.165) is 11.4 Å². The van der Waals surface area contributed by atoms with Crippen LogP contribution < -0.4 is 5.32 Å². The first-order chi connectivity index (χ1) is 11.9. The van der Waals surface area contributed by atoms with E-state index >= 15 is 0 Å². The fourth-order valence-corrected chi connectivity index (χ4v) is 3.69. The van der Waals surface area contributed by atoms with Crippen LogP contribution in [0.15, 0.2) is 96.4 Å². The fraction of sp³-hybridized carbons (Fsp3) is 0. The molecule has 0 amide bonds. The van der Waals surface area contributed by atoms with Crippen molar-refractivity contribution in [2.75, 3.05) is 5.32 Å². The van der Waals surface area contributed by atoms with Crippen LogP contribution in [0.5, 0.6) is 0 Å². The highest BCUT2D eigenvalue weighted by molar-refractivity contribution is 7.14. The maximum Gasteiger partial charge on any atom is 0.0577 e. The molecule has 0 bridgehead atoms. The predicted octanol–water partition coefficient (Wildman–Crippen LogP) is 6.83. The van der Waals surface area contributed by atoms with E-state index in [4.69, 9.17) is 0 Å². The van der Waals surface area contributed by atoms with Crippen molar-refractivity contribution in [1.82, 2.24) is 0 Å². The molecule has 0 saturated heterocycles. The molecule has 3 aromatic carbocycles. The summed E-state index contributed by atoms with van der Waals surface area (Å²) in [7, 11) is 0. The quantitative estimate of drug-likeness (QED) is 0.433. The van der Waals surface area contributed by atoms with Crippen molar-refractivity contribution in [3.05, 3.63) is 96.4 Å². The van der Waals surface area contributed by atoms with Gasteiger partial charge in [0.1, 0.15) is 0 Å². The van der Waals surface area contributed by atoms with E-state index in [0.29, 0.717) is 0 Å². The van der Waals surface area contributed by atoms with E-state index in [2.05, 4.69) is 95.6 Å². The number of hydrogen-bond donors (Lipinski definition) is 1. The van der Waals surface area contributed by atoms with Crippen LogP contribution in [0.3, 0.4) is 0 Å². The highest BCUT2D eigenvalue weighted by atomic mass is 32.1. The highest BCUT2D eigenvalue weighted by Gasteiger charge is 2.09. The third-order valence-corrected chi connectivity index (χ3v) is 4.95. The Morgan fingerprint density at radius 3 is 1.92 bits per heavy atom. The summed E-state index contributed by atoms with van der Waals surface area (Å²) in [5, 5.41) is 5.76. The van der Waals surface area contributed by atoms with E-state index in [1.807, 2.05) is 6.07 Å². The zero-order chi connectivity index (χ0) is 16.2. The minimum Gasteiger partial charge on any atom is -0.354 e. The van der Waals surface area contributed by atoms with Gasteiger partial charge in [-0.15, -0.1) is 11.3 Å². The van der Waals surface area contributed by atoms with Gasteiger partial charge in [-0.2, -0.15) is 0 Å². The van der Waals surface area contributed by atoms with Gasteiger partial charge in [0.25, 0.3) is 0 Å². The lowest BCUT2D eigenvalue weighted by atomic mass is 10.0. The van der Waals surface area contributed by atoms with Crippen LogP contribution >= 0.6 is 11.3 Å². The van der Waals surface area contributed by atoms with Gasteiger partial charge in [-0.3, -0.25) is 0 Å². The molecular formula is C22H17NS. The monoisotopic (exact) mass is 327 g/mol. The lowest BCUT2D eigenvalue weighted by Gasteiger charge is -2.13. The van der Waals surface area contributed by atoms with Gasteiger partial charge in [-0.1, -0.05) is 78.9 Å². The van der Waals surface area contributed by atoms with Crippen molar-refractivity contribution in [3.63, 3.8) is 0 Å². The SMILES string of the molecule is c1ccc(-c2ccccc2Nc2ccsc2-c2ccccc2)cc1. The average molecular weight is 327 g/mol. The Kier molecular flexibility index (Phi) is 4.13. The standard InChI is InChI=1S/C22H17NS/c1-3-9-17(10-4-1)19-13-7-8-14-20(19)23-21-15-16-24-22(21)18-11-5-2-6-12-18/h1-16,23H. The van der Waals surface area contributed by atoms with Crippen LogP contribution in [0.2, 0.25) is 0 Å². The number of para-hydroxylation sites is 1. The topological polar surface area (TPSA) is 12.0 Å². The molecule has 4 rings (SSSR count). The molecule has 0 aliphatic rings. The van der Waals surface area contributed by atoms with Crippen molar-refractivity contribution in [1.29, 1.82) is 0 Å². The smallest absolute Gasteiger partial charge is 0.0577 e. The molecule has 116 valence electrons. The molecule has 1 N–H and O–H groups in total. The first kappa shape index (κ1) is 14.7. The van der Waals surface area contributed by atoms with E-state index in [-0.39, 0.29) is 0 Å². The van der Waals surface area contributed by atoms with Gasteiger partial charge < -0.3 is 5.32 Å². The van der Waals surface area contributed by atoms with Crippen LogP contribution in [-0.2, 0) is 0 Å². The normalized spacial score (nSPS) is 10.5. The minimum absolute atomic E-state index is 1.12. The summed E-state index contributed by atoms with van der Waals surface area (Å²) in [5.74, 6) is 0. The Labute approximate surface area is 146 Å². The van der Waals surface area contributed by atoms with Crippen molar-refractivity contribution < 1.29 is 0 Å². The molecule has 0 unspecified atom stereocenters. The summed E-state index contributed by atoms with van der Waals surface area (Å²) in [6.45, 7) is 0. The van der Waals surface area contributed by atoms with Gasteiger partial charge in [-0.25, -0.2) is 0 Å². The summed E-state index contributed by atoms with van der Waals surface area (Å²) in [6.07, 6.45) is 0. The first-order valence-corrected chi connectivity index (χ1v) is 8.84. The number of hydrogen-bond acceptors (Lipinski definition) is 2. The Bertz CT molecular complexity index is 926. The third kappa shape index (κ3) is 2.97. The Morgan fingerprint density at radius 2 is 1.17 bits per heavy atom. The summed E-state index contributed by atoms with van der Waals surface area (Å²) in [5.41, 5.74) is 5.95. The average Bonchev–Trinajstić information content (AvgIpc) is 3.12. The van der Waals surface area contributed by atoms with Crippen LogP contribution in [-0.4, -0.2) is 0 Å². The summed E-state index contributed by atoms with van der Waals surface area (Å²) in [6, 6.07) is 31.6. The predicted molar refractivity (Wildman–Crippen MR) is 105 cm³/mol. The molecule has 1 nitrogen and oxygen atoms in total. The maximum atomic E-state index is 3.63. The number of benzene rings is 3. The van der Waals surface area contributed by atoms with Gasteiger partial charge in [0.2, 0.25) is 0 Å². The number of rotatable bonds is 4. The minimum atomic E-state index is 1.12. The highest BCUT2D eigenvalue weighted by Crippen LogP contribution is 2.37. The molecule has 0 aliphatic carbocycles. The summed E-state index contributed by atoms with van der Waals surface area (Å²) < 4.78 is 0. The fourth-order valence-electron chi connectivity index (χ4n) is 2.83. The van der Waals surface area contributed by atoms with Crippen LogP contribution in [0.4, 0.5) is 11.4 Å². The second-order valence-electron chi connectivity index (χ2n) is 5.57. The van der Waals surface area contributed by atoms with E-state index in [1.165, 1.54) is 21.6 Å². The van der Waals surface area contributed by atoms with Crippen molar-refractivity contribution >= 4 is 22.7 Å². The van der Waals surface area contributed by atoms with E-state index in [9.17, 15) is 0 Å². The molecule has 1 aromatic heterocycles. The first-order valence-electron chi connectivity index (χ1n) is 7.96. The van der Waals surface area contributed by atoms with E-state index in [1.54, 1.807) is 11.3 Å². The Hall–Kier alpha value is -2.84. The lowest BCUT2D eigenvalue weighted by molar-refractivity contribution is 1.55. The molecule has 0 aliphatic heterocycles. The lowest BCUT2D eigenvalue weighted by Crippen LogP contribution is -1.93. The van der Waals surface area contributed by atoms with Crippen molar-refractivity contribution in [3.8, 4) is 21.6 Å². The molecule has 0 radical (unpaired) electrons. The number of thiophene rings is 1. The molecular weight excluding hydrogens is 310 g/mol. The van der Waals surface area contributed by atoms with E-state index < -0.39 is 0 Å². The third-order valence-electron chi connectivity index (χ3n) is 3.98. The van der Waals surface area contributed by atoms with Gasteiger partial charge in [-0.05, 0) is 28.6 Å². The molecule has 2 heteroatoms. The van der Waals surface area contributed by atoms with Crippen LogP contribution in [0, 0.1) is 0 Å². The molecule has 0 spiro atoms. The Morgan fingerprint density at radius 1 is 0.542 bits per heavy atom. The second-order valence-corrected chi connectivity index (χ2v) is 6.48. The zero-order valence-corrected chi connectivity index (χ0v) is 14.0. The molecule has 0 fully saturated rings. The second kappa shape index (κ2) is 6.73. The van der Waals surface area contributed by atoms with Crippen LogP contribution in [0.25, 0.3) is 21.6 Å². The largest absolute Gasteiger partial charge is 0.354 e. The molecule has 0 atom stereocenters. The van der Waals surface area contributed by atoms with Crippen molar-refractivity contribution in [2.45, 2.75) is 0 Å². The van der Waals surface area contributed by atoms with Crippen LogP contribution in [0.1, 0.15) is 0 Å². The van der Waals surface area contributed by atoms with Gasteiger partial charge in [0, 0.05) is 11.3 Å².